The largest absolute Gasteiger partial charge is 0.472 e. The van der Waals surface area contributed by atoms with Crippen molar-refractivity contribution in [3.05, 3.63) is 0 Å². The summed E-state index contributed by atoms with van der Waals surface area (Å²) in [5.41, 5.74) is 0. The number of hydrogen-bond donors (Lipinski definition) is 1. The number of phosphoric ester groups is 1. The fourth-order valence-corrected chi connectivity index (χ4v) is 2.43. The summed E-state index contributed by atoms with van der Waals surface area (Å²) in [6, 6.07) is 0. The second kappa shape index (κ2) is 12.2. The van der Waals surface area contributed by atoms with Crippen LogP contribution >= 0.6 is 7.82 Å². The highest BCUT2D eigenvalue weighted by Gasteiger charge is 2.19. The van der Waals surface area contributed by atoms with Gasteiger partial charge < -0.3 is 4.89 Å². The van der Waals surface area contributed by atoms with Crippen LogP contribution in [0.2, 0.25) is 0 Å². The zero-order valence-corrected chi connectivity index (χ0v) is 12.8. The van der Waals surface area contributed by atoms with E-state index in [4.69, 9.17) is 9.05 Å². The molecule has 0 aromatic carbocycles. The first-order valence-corrected chi connectivity index (χ1v) is 8.73. The van der Waals surface area contributed by atoms with Gasteiger partial charge >= 0.3 is 7.82 Å². The molecule has 0 aliphatic rings. The molecule has 0 aromatic rings. The fourth-order valence-electron chi connectivity index (χ4n) is 1.63. The Hall–Kier alpha value is 0.110. The predicted octanol–water partition coefficient (Wildman–Crippen LogP) is 4.67. The van der Waals surface area contributed by atoms with E-state index < -0.39 is 7.82 Å². The lowest BCUT2D eigenvalue weighted by Crippen LogP contribution is -1.99. The van der Waals surface area contributed by atoms with Crippen molar-refractivity contribution in [3.8, 4) is 0 Å². The summed E-state index contributed by atoms with van der Waals surface area (Å²) in [5.74, 6) is 0. The molecule has 0 rings (SSSR count). The number of phosphoric acid groups is 1. The van der Waals surface area contributed by atoms with Gasteiger partial charge in [0, 0.05) is 0 Å². The first kappa shape index (κ1) is 18.1. The smallest absolute Gasteiger partial charge is 0.302 e. The van der Waals surface area contributed by atoms with Crippen LogP contribution in [0.15, 0.2) is 0 Å². The highest BCUT2D eigenvalue weighted by atomic mass is 31.2. The van der Waals surface area contributed by atoms with Gasteiger partial charge in [-0.15, -0.1) is 0 Å². The molecule has 0 spiro atoms. The Morgan fingerprint density at radius 2 is 1.17 bits per heavy atom. The number of rotatable bonds is 13. The predicted molar refractivity (Wildman–Crippen MR) is 74.6 cm³/mol. The van der Waals surface area contributed by atoms with Gasteiger partial charge in [-0.05, 0) is 12.8 Å². The van der Waals surface area contributed by atoms with Crippen LogP contribution in [0.4, 0.5) is 0 Å². The maximum absolute atomic E-state index is 11.4. The second-order valence-electron chi connectivity index (χ2n) is 4.61. The molecule has 0 aliphatic heterocycles. The SMILES string of the molecule is CCCCCCCOP(=O)(O)OCCCCCC. The average molecular weight is 280 g/mol. The molecule has 18 heavy (non-hydrogen) atoms. The second-order valence-corrected chi connectivity index (χ2v) is 6.06. The van der Waals surface area contributed by atoms with Gasteiger partial charge in [0.05, 0.1) is 13.2 Å². The summed E-state index contributed by atoms with van der Waals surface area (Å²) in [6.07, 6.45) is 9.57. The molecule has 0 bridgehead atoms. The molecule has 0 saturated carbocycles. The lowest BCUT2D eigenvalue weighted by Gasteiger charge is -2.11. The minimum Gasteiger partial charge on any atom is -0.302 e. The van der Waals surface area contributed by atoms with E-state index in [1.165, 1.54) is 12.8 Å². The van der Waals surface area contributed by atoms with Crippen molar-refractivity contribution in [2.24, 2.45) is 0 Å². The van der Waals surface area contributed by atoms with Crippen molar-refractivity contribution in [2.45, 2.75) is 71.6 Å². The van der Waals surface area contributed by atoms with Crippen LogP contribution in [0.3, 0.4) is 0 Å². The number of unbranched alkanes of at least 4 members (excludes halogenated alkanes) is 7. The quantitative estimate of drug-likeness (QED) is 0.393. The molecule has 0 radical (unpaired) electrons. The maximum atomic E-state index is 11.4. The highest BCUT2D eigenvalue weighted by Crippen LogP contribution is 2.43. The Labute approximate surface area is 112 Å². The zero-order valence-electron chi connectivity index (χ0n) is 11.9. The summed E-state index contributed by atoms with van der Waals surface area (Å²) in [5, 5.41) is 0. The summed E-state index contributed by atoms with van der Waals surface area (Å²) >= 11 is 0. The zero-order chi connectivity index (χ0) is 13.7. The van der Waals surface area contributed by atoms with E-state index in [9.17, 15) is 9.46 Å². The van der Waals surface area contributed by atoms with Gasteiger partial charge in [-0.2, -0.15) is 0 Å². The monoisotopic (exact) mass is 280 g/mol. The molecular formula is C13H29O4P. The number of hydrogen-bond acceptors (Lipinski definition) is 3. The molecule has 5 heteroatoms. The summed E-state index contributed by atoms with van der Waals surface area (Å²) in [7, 11) is -3.80. The molecule has 0 fully saturated rings. The van der Waals surface area contributed by atoms with E-state index in [0.29, 0.717) is 13.2 Å². The fraction of sp³-hybridized carbons (Fsp3) is 1.00. The third kappa shape index (κ3) is 12.6. The summed E-state index contributed by atoms with van der Waals surface area (Å²) in [4.78, 5) is 9.38. The minimum atomic E-state index is -3.80. The Morgan fingerprint density at radius 1 is 0.778 bits per heavy atom. The van der Waals surface area contributed by atoms with Gasteiger partial charge in [-0.1, -0.05) is 58.8 Å². The highest BCUT2D eigenvalue weighted by molar-refractivity contribution is 7.47. The van der Waals surface area contributed by atoms with E-state index in [1.54, 1.807) is 0 Å². The van der Waals surface area contributed by atoms with Crippen molar-refractivity contribution >= 4 is 7.82 Å². The molecule has 1 atom stereocenters. The summed E-state index contributed by atoms with van der Waals surface area (Å²) in [6.45, 7) is 4.90. The molecule has 0 aliphatic carbocycles. The van der Waals surface area contributed by atoms with Gasteiger partial charge in [0.15, 0.2) is 0 Å². The van der Waals surface area contributed by atoms with E-state index in [0.717, 1.165) is 44.9 Å². The minimum absolute atomic E-state index is 0.309. The Balaban J connectivity index is 3.40. The average Bonchev–Trinajstić information content (AvgIpc) is 2.33. The normalized spacial score (nSPS) is 14.6. The van der Waals surface area contributed by atoms with E-state index in [-0.39, 0.29) is 0 Å². The van der Waals surface area contributed by atoms with Crippen LogP contribution in [0, 0.1) is 0 Å². The van der Waals surface area contributed by atoms with Crippen molar-refractivity contribution < 1.29 is 18.5 Å². The summed E-state index contributed by atoms with van der Waals surface area (Å²) < 4.78 is 21.2. The molecule has 1 unspecified atom stereocenters. The van der Waals surface area contributed by atoms with Crippen molar-refractivity contribution in [3.63, 3.8) is 0 Å². The molecule has 0 aromatic heterocycles. The van der Waals surface area contributed by atoms with Crippen LogP contribution < -0.4 is 0 Å². The lowest BCUT2D eigenvalue weighted by atomic mass is 10.2. The lowest BCUT2D eigenvalue weighted by molar-refractivity contribution is 0.145. The van der Waals surface area contributed by atoms with Crippen LogP contribution in [0.1, 0.15) is 71.6 Å². The van der Waals surface area contributed by atoms with Crippen LogP contribution in [-0.4, -0.2) is 18.1 Å². The molecule has 0 amide bonds. The maximum Gasteiger partial charge on any atom is 0.472 e. The van der Waals surface area contributed by atoms with Crippen LogP contribution in [-0.2, 0) is 13.6 Å². The van der Waals surface area contributed by atoms with Crippen molar-refractivity contribution in [2.75, 3.05) is 13.2 Å². The molecular weight excluding hydrogens is 251 g/mol. The van der Waals surface area contributed by atoms with E-state index >= 15 is 0 Å². The molecule has 4 nitrogen and oxygen atoms in total. The van der Waals surface area contributed by atoms with Crippen LogP contribution in [0.25, 0.3) is 0 Å². The standard InChI is InChI=1S/C13H29O4P/c1-3-5-7-9-11-13-17-18(14,15)16-12-10-8-6-4-2/h3-13H2,1-2H3,(H,14,15). The van der Waals surface area contributed by atoms with Gasteiger partial charge in [-0.25, -0.2) is 4.57 Å². The van der Waals surface area contributed by atoms with Gasteiger partial charge in [-0.3, -0.25) is 9.05 Å². The Morgan fingerprint density at radius 3 is 1.61 bits per heavy atom. The van der Waals surface area contributed by atoms with Gasteiger partial charge in [0.2, 0.25) is 0 Å². The van der Waals surface area contributed by atoms with Gasteiger partial charge in [0.25, 0.3) is 0 Å². The van der Waals surface area contributed by atoms with Gasteiger partial charge in [0.1, 0.15) is 0 Å². The first-order valence-electron chi connectivity index (χ1n) is 7.24. The van der Waals surface area contributed by atoms with Crippen molar-refractivity contribution in [1.82, 2.24) is 0 Å². The molecule has 110 valence electrons. The molecule has 0 heterocycles. The molecule has 1 N–H and O–H groups in total. The van der Waals surface area contributed by atoms with E-state index in [1.807, 2.05) is 0 Å². The topological polar surface area (TPSA) is 55.8 Å². The Bertz CT molecular complexity index is 221. The third-order valence-corrected chi connectivity index (χ3v) is 3.77. The first-order chi connectivity index (χ1) is 8.62. The third-order valence-electron chi connectivity index (χ3n) is 2.75. The Kier molecular flexibility index (Phi) is 12.2. The van der Waals surface area contributed by atoms with Crippen LogP contribution in [0.5, 0.6) is 0 Å². The van der Waals surface area contributed by atoms with Crippen molar-refractivity contribution in [1.29, 1.82) is 0 Å². The molecule has 0 saturated heterocycles. The van der Waals surface area contributed by atoms with E-state index in [2.05, 4.69) is 13.8 Å².